The van der Waals surface area contributed by atoms with Crippen LogP contribution in [0.5, 0.6) is 0 Å². The van der Waals surface area contributed by atoms with Gasteiger partial charge in [0.25, 0.3) is 11.5 Å². The van der Waals surface area contributed by atoms with E-state index in [1.54, 1.807) is 11.9 Å². The van der Waals surface area contributed by atoms with E-state index in [9.17, 15) is 9.59 Å². The number of aryl methyl sites for hydroxylation is 1. The van der Waals surface area contributed by atoms with Crippen molar-refractivity contribution in [3.8, 4) is 0 Å². The van der Waals surface area contributed by atoms with E-state index >= 15 is 0 Å². The molecule has 0 aliphatic heterocycles. The van der Waals surface area contributed by atoms with E-state index in [-0.39, 0.29) is 11.5 Å². The highest BCUT2D eigenvalue weighted by Gasteiger charge is 2.23. The highest BCUT2D eigenvalue weighted by Crippen LogP contribution is 2.21. The van der Waals surface area contributed by atoms with Crippen LogP contribution in [0.15, 0.2) is 16.9 Å². The molecule has 1 aromatic heterocycles. The molecule has 5 nitrogen and oxygen atoms in total. The molecule has 5 heteroatoms. The minimum atomic E-state index is -0.200. The molecule has 0 spiro atoms. The van der Waals surface area contributed by atoms with Gasteiger partial charge in [-0.05, 0) is 18.9 Å². The van der Waals surface area contributed by atoms with Gasteiger partial charge in [0.1, 0.15) is 5.69 Å². The van der Waals surface area contributed by atoms with Crippen LogP contribution in [0.4, 0.5) is 0 Å². The van der Waals surface area contributed by atoms with Gasteiger partial charge >= 0.3 is 0 Å². The highest BCUT2D eigenvalue weighted by atomic mass is 16.2. The van der Waals surface area contributed by atoms with Gasteiger partial charge in [0, 0.05) is 26.2 Å². The fourth-order valence-electron chi connectivity index (χ4n) is 2.61. The van der Waals surface area contributed by atoms with Crippen LogP contribution < -0.4 is 5.56 Å². The van der Waals surface area contributed by atoms with E-state index in [1.807, 2.05) is 7.05 Å². The normalized spacial score (nSPS) is 16.9. The van der Waals surface area contributed by atoms with Gasteiger partial charge in [-0.2, -0.15) is 5.10 Å². The van der Waals surface area contributed by atoms with Crippen molar-refractivity contribution in [1.82, 2.24) is 14.7 Å². The summed E-state index contributed by atoms with van der Waals surface area (Å²) in [6.45, 7) is 0. The summed E-state index contributed by atoms with van der Waals surface area (Å²) in [7, 11) is 3.40. The van der Waals surface area contributed by atoms with Gasteiger partial charge in [0.15, 0.2) is 0 Å². The Balaban J connectivity index is 2.13. The molecule has 1 fully saturated rings. The molecule has 0 aromatic carbocycles. The average Bonchev–Trinajstić information content (AvgIpc) is 2.69. The van der Waals surface area contributed by atoms with E-state index in [2.05, 4.69) is 5.10 Å². The maximum atomic E-state index is 12.4. The van der Waals surface area contributed by atoms with Crippen molar-refractivity contribution in [3.63, 3.8) is 0 Å². The number of rotatable bonds is 2. The first-order valence-corrected chi connectivity index (χ1v) is 6.91. The van der Waals surface area contributed by atoms with Crippen LogP contribution in [-0.4, -0.2) is 33.7 Å². The van der Waals surface area contributed by atoms with Crippen molar-refractivity contribution in [2.45, 2.75) is 44.6 Å². The first kappa shape index (κ1) is 13.8. The van der Waals surface area contributed by atoms with Gasteiger partial charge in [0.05, 0.1) is 0 Å². The van der Waals surface area contributed by atoms with Gasteiger partial charge < -0.3 is 4.90 Å². The molecule has 0 unspecified atom stereocenters. The zero-order valence-corrected chi connectivity index (χ0v) is 11.6. The fourth-order valence-corrected chi connectivity index (χ4v) is 2.61. The number of nitrogens with zero attached hydrogens (tertiary/aromatic N) is 3. The number of hydrogen-bond acceptors (Lipinski definition) is 3. The van der Waals surface area contributed by atoms with Crippen molar-refractivity contribution in [3.05, 3.63) is 28.2 Å². The van der Waals surface area contributed by atoms with E-state index < -0.39 is 0 Å². The van der Waals surface area contributed by atoms with Crippen LogP contribution in [0, 0.1) is 0 Å². The molecule has 1 aliphatic carbocycles. The summed E-state index contributed by atoms with van der Waals surface area (Å²) < 4.78 is 1.20. The lowest BCUT2D eigenvalue weighted by molar-refractivity contribution is 0.0709. The number of aromatic nitrogens is 2. The highest BCUT2D eigenvalue weighted by molar-refractivity contribution is 5.92. The topological polar surface area (TPSA) is 55.2 Å². The summed E-state index contributed by atoms with van der Waals surface area (Å²) in [6.07, 6.45) is 7.02. The minimum Gasteiger partial charge on any atom is -0.337 e. The van der Waals surface area contributed by atoms with Crippen molar-refractivity contribution >= 4 is 5.91 Å². The van der Waals surface area contributed by atoms with E-state index in [1.165, 1.54) is 42.5 Å². The van der Waals surface area contributed by atoms with E-state index in [0.29, 0.717) is 11.7 Å². The second-order valence-electron chi connectivity index (χ2n) is 5.24. The summed E-state index contributed by atoms with van der Waals surface area (Å²) in [5, 5.41) is 4.02. The molecule has 0 N–H and O–H groups in total. The zero-order chi connectivity index (χ0) is 13.8. The smallest absolute Gasteiger partial charge is 0.274 e. The van der Waals surface area contributed by atoms with E-state index in [4.69, 9.17) is 0 Å². The van der Waals surface area contributed by atoms with Crippen LogP contribution in [0.25, 0.3) is 0 Å². The van der Waals surface area contributed by atoms with Crippen LogP contribution >= 0.6 is 0 Å². The predicted molar refractivity (Wildman–Crippen MR) is 73.1 cm³/mol. The Bertz CT molecular complexity index is 502. The lowest BCUT2D eigenvalue weighted by Gasteiger charge is -2.26. The third kappa shape index (κ3) is 3.22. The van der Waals surface area contributed by atoms with E-state index in [0.717, 1.165) is 12.8 Å². The minimum absolute atomic E-state index is 0.0949. The van der Waals surface area contributed by atoms with Crippen molar-refractivity contribution < 1.29 is 4.79 Å². The maximum absolute atomic E-state index is 12.4. The number of hydrogen-bond donors (Lipinski definition) is 0. The van der Waals surface area contributed by atoms with Gasteiger partial charge in [-0.1, -0.05) is 25.7 Å². The maximum Gasteiger partial charge on any atom is 0.274 e. The Morgan fingerprint density at radius 2 is 1.89 bits per heavy atom. The fraction of sp³-hybridized carbons (Fsp3) is 0.643. The lowest BCUT2D eigenvalue weighted by Crippen LogP contribution is -2.38. The second kappa shape index (κ2) is 5.99. The first-order valence-electron chi connectivity index (χ1n) is 6.91. The molecule has 0 bridgehead atoms. The zero-order valence-electron chi connectivity index (χ0n) is 11.6. The summed E-state index contributed by atoms with van der Waals surface area (Å²) in [4.78, 5) is 25.4. The Morgan fingerprint density at radius 1 is 1.26 bits per heavy atom. The van der Waals surface area contributed by atoms with Gasteiger partial charge in [-0.25, -0.2) is 4.68 Å². The predicted octanol–water partition coefficient (Wildman–Crippen LogP) is 1.58. The molecule has 1 saturated carbocycles. The number of carbonyl (C=O) groups is 1. The SMILES string of the molecule is CN(C(=O)c1ccc(=O)n(C)n1)C1CCCCCC1. The Hall–Kier alpha value is -1.65. The Labute approximate surface area is 113 Å². The summed E-state index contributed by atoms with van der Waals surface area (Å²) in [5.41, 5.74) is 0.141. The molecule has 2 rings (SSSR count). The Morgan fingerprint density at radius 3 is 2.47 bits per heavy atom. The molecule has 0 saturated heterocycles. The second-order valence-corrected chi connectivity index (χ2v) is 5.24. The molecular formula is C14H21N3O2. The van der Waals surface area contributed by atoms with Crippen LogP contribution in [0.3, 0.4) is 0 Å². The molecule has 1 amide bonds. The summed E-state index contributed by atoms with van der Waals surface area (Å²) >= 11 is 0. The molecule has 19 heavy (non-hydrogen) atoms. The number of amides is 1. The van der Waals surface area contributed by atoms with Crippen LogP contribution in [-0.2, 0) is 7.05 Å². The first-order chi connectivity index (χ1) is 9.09. The van der Waals surface area contributed by atoms with Crippen LogP contribution in [0.1, 0.15) is 49.0 Å². The molecule has 1 heterocycles. The van der Waals surface area contributed by atoms with Gasteiger partial charge in [0.2, 0.25) is 0 Å². The standard InChI is InChI=1S/C14H21N3O2/c1-16(11-7-5-3-4-6-8-11)14(19)12-9-10-13(18)17(2)15-12/h9-11H,3-8H2,1-2H3. The van der Waals surface area contributed by atoms with Crippen molar-refractivity contribution in [2.24, 2.45) is 7.05 Å². The monoisotopic (exact) mass is 263 g/mol. The molecule has 0 atom stereocenters. The molecule has 104 valence electrons. The summed E-state index contributed by atoms with van der Waals surface area (Å²) in [5.74, 6) is -0.0949. The quantitative estimate of drug-likeness (QED) is 0.761. The third-order valence-corrected chi connectivity index (χ3v) is 3.87. The largest absolute Gasteiger partial charge is 0.337 e. The third-order valence-electron chi connectivity index (χ3n) is 3.87. The molecule has 1 aromatic rings. The molecular weight excluding hydrogens is 242 g/mol. The van der Waals surface area contributed by atoms with Gasteiger partial charge in [-0.15, -0.1) is 0 Å². The van der Waals surface area contributed by atoms with Crippen molar-refractivity contribution in [2.75, 3.05) is 7.05 Å². The molecule has 1 aliphatic rings. The number of carbonyl (C=O) groups excluding carboxylic acids is 1. The lowest BCUT2D eigenvalue weighted by atomic mass is 10.1. The molecule has 0 radical (unpaired) electrons. The average molecular weight is 263 g/mol. The van der Waals surface area contributed by atoms with Gasteiger partial charge in [-0.3, -0.25) is 9.59 Å². The summed E-state index contributed by atoms with van der Waals surface area (Å²) in [6, 6.07) is 3.20. The van der Waals surface area contributed by atoms with Crippen molar-refractivity contribution in [1.29, 1.82) is 0 Å². The van der Waals surface area contributed by atoms with Crippen LogP contribution in [0.2, 0.25) is 0 Å². The Kier molecular flexibility index (Phi) is 4.35.